The molecule has 1 atom stereocenters. The number of aryl methyl sites for hydroxylation is 2. The van der Waals surface area contributed by atoms with Crippen molar-refractivity contribution in [1.29, 1.82) is 0 Å². The third kappa shape index (κ3) is 4.22. The lowest BCUT2D eigenvalue weighted by Crippen LogP contribution is -2.44. The van der Waals surface area contributed by atoms with Gasteiger partial charge < -0.3 is 10.1 Å². The Morgan fingerprint density at radius 3 is 2.45 bits per heavy atom. The summed E-state index contributed by atoms with van der Waals surface area (Å²) in [6.45, 7) is 4.51. The van der Waals surface area contributed by atoms with Crippen LogP contribution in [0.25, 0.3) is 0 Å². The van der Waals surface area contributed by atoms with Crippen LogP contribution in [0.3, 0.4) is 0 Å². The minimum absolute atomic E-state index is 0.253. The first-order valence-corrected chi connectivity index (χ1v) is 9.69. The van der Waals surface area contributed by atoms with E-state index in [4.69, 9.17) is 4.74 Å². The molecular formula is C21H19BrN2O5. The molecule has 1 unspecified atom stereocenters. The maximum atomic E-state index is 12.6. The Morgan fingerprint density at radius 2 is 1.76 bits per heavy atom. The SMILES string of the molecule is Cc1ccc2c(c1)C(=O)N(C(C)C(=O)OCC(=O)Nc1ccc(Br)cc1C)C2=O. The molecule has 3 rings (SSSR count). The van der Waals surface area contributed by atoms with E-state index in [1.165, 1.54) is 6.92 Å². The van der Waals surface area contributed by atoms with Gasteiger partial charge in [0, 0.05) is 10.2 Å². The third-order valence-corrected chi connectivity index (χ3v) is 5.10. The number of hydrogen-bond acceptors (Lipinski definition) is 5. The number of esters is 1. The second-order valence-corrected chi connectivity index (χ2v) is 7.74. The highest BCUT2D eigenvalue weighted by Crippen LogP contribution is 2.26. The van der Waals surface area contributed by atoms with Crippen molar-refractivity contribution in [2.24, 2.45) is 0 Å². The predicted molar refractivity (Wildman–Crippen MR) is 110 cm³/mol. The van der Waals surface area contributed by atoms with Gasteiger partial charge in [-0.05, 0) is 56.7 Å². The van der Waals surface area contributed by atoms with Crippen LogP contribution in [0.5, 0.6) is 0 Å². The number of imide groups is 1. The van der Waals surface area contributed by atoms with Crippen LogP contribution in [0.2, 0.25) is 0 Å². The maximum Gasteiger partial charge on any atom is 0.329 e. The van der Waals surface area contributed by atoms with E-state index in [0.29, 0.717) is 5.69 Å². The van der Waals surface area contributed by atoms with Crippen molar-refractivity contribution in [3.63, 3.8) is 0 Å². The Balaban J connectivity index is 1.62. The van der Waals surface area contributed by atoms with Gasteiger partial charge in [0.15, 0.2) is 6.61 Å². The molecule has 0 bridgehead atoms. The molecule has 8 heteroatoms. The first-order chi connectivity index (χ1) is 13.7. The molecule has 0 aliphatic carbocycles. The number of hydrogen-bond donors (Lipinski definition) is 1. The number of carbonyl (C=O) groups excluding carboxylic acids is 4. The summed E-state index contributed by atoms with van der Waals surface area (Å²) in [4.78, 5) is 50.4. The van der Waals surface area contributed by atoms with Gasteiger partial charge in [-0.25, -0.2) is 4.79 Å². The predicted octanol–water partition coefficient (Wildman–Crippen LogP) is 3.23. The van der Waals surface area contributed by atoms with E-state index < -0.39 is 36.3 Å². The highest BCUT2D eigenvalue weighted by Gasteiger charge is 2.41. The van der Waals surface area contributed by atoms with Crippen molar-refractivity contribution >= 4 is 45.3 Å². The van der Waals surface area contributed by atoms with Crippen molar-refractivity contribution in [3.8, 4) is 0 Å². The monoisotopic (exact) mass is 458 g/mol. The summed E-state index contributed by atoms with van der Waals surface area (Å²) in [5, 5.41) is 2.65. The Kier molecular flexibility index (Phi) is 5.83. The number of carbonyl (C=O) groups is 4. The molecule has 3 amide bonds. The molecule has 0 radical (unpaired) electrons. The maximum absolute atomic E-state index is 12.6. The quantitative estimate of drug-likeness (QED) is 0.548. The molecule has 2 aromatic rings. The molecule has 0 saturated carbocycles. The summed E-state index contributed by atoms with van der Waals surface area (Å²) in [6.07, 6.45) is 0. The number of anilines is 1. The van der Waals surface area contributed by atoms with Crippen LogP contribution in [-0.4, -0.2) is 41.2 Å². The summed E-state index contributed by atoms with van der Waals surface area (Å²) in [6, 6.07) is 9.10. The van der Waals surface area contributed by atoms with Crippen LogP contribution >= 0.6 is 15.9 Å². The molecule has 1 heterocycles. The molecule has 1 N–H and O–H groups in total. The lowest BCUT2D eigenvalue weighted by atomic mass is 10.1. The molecule has 7 nitrogen and oxygen atoms in total. The summed E-state index contributed by atoms with van der Waals surface area (Å²) in [5.41, 5.74) is 2.79. The van der Waals surface area contributed by atoms with Gasteiger partial charge in [-0.3, -0.25) is 19.3 Å². The lowest BCUT2D eigenvalue weighted by molar-refractivity contribution is -0.150. The number of ether oxygens (including phenoxy) is 1. The van der Waals surface area contributed by atoms with Gasteiger partial charge in [0.1, 0.15) is 6.04 Å². The fourth-order valence-electron chi connectivity index (χ4n) is 3.04. The summed E-state index contributed by atoms with van der Waals surface area (Å²) in [7, 11) is 0. The Bertz CT molecular complexity index is 1030. The average molecular weight is 459 g/mol. The largest absolute Gasteiger partial charge is 0.454 e. The molecule has 1 aliphatic rings. The van der Waals surface area contributed by atoms with Gasteiger partial charge in [0.25, 0.3) is 17.7 Å². The van der Waals surface area contributed by atoms with E-state index in [2.05, 4.69) is 21.2 Å². The summed E-state index contributed by atoms with van der Waals surface area (Å²) < 4.78 is 5.91. The van der Waals surface area contributed by atoms with E-state index in [1.807, 2.05) is 19.9 Å². The van der Waals surface area contributed by atoms with Crippen molar-refractivity contribution in [3.05, 3.63) is 63.1 Å². The van der Waals surface area contributed by atoms with Crippen molar-refractivity contribution in [2.45, 2.75) is 26.8 Å². The zero-order valence-electron chi connectivity index (χ0n) is 16.1. The van der Waals surface area contributed by atoms with Crippen molar-refractivity contribution in [1.82, 2.24) is 4.90 Å². The lowest BCUT2D eigenvalue weighted by Gasteiger charge is -2.20. The number of halogens is 1. The summed E-state index contributed by atoms with van der Waals surface area (Å²) in [5.74, 6) is -2.45. The van der Waals surface area contributed by atoms with Gasteiger partial charge in [0.2, 0.25) is 0 Å². The number of nitrogens with one attached hydrogen (secondary N) is 1. The van der Waals surface area contributed by atoms with E-state index >= 15 is 0 Å². The highest BCUT2D eigenvalue weighted by atomic mass is 79.9. The fraction of sp³-hybridized carbons (Fsp3) is 0.238. The third-order valence-electron chi connectivity index (χ3n) is 4.61. The molecular weight excluding hydrogens is 440 g/mol. The standard InChI is InChI=1S/C21H19BrN2O5/c1-11-4-6-15-16(8-11)20(27)24(19(15)26)13(3)21(28)29-10-18(25)23-17-7-5-14(22)9-12(17)2/h4-9,13H,10H2,1-3H3,(H,23,25). The summed E-state index contributed by atoms with van der Waals surface area (Å²) >= 11 is 3.34. The minimum Gasteiger partial charge on any atom is -0.454 e. The first-order valence-electron chi connectivity index (χ1n) is 8.90. The highest BCUT2D eigenvalue weighted by molar-refractivity contribution is 9.10. The van der Waals surface area contributed by atoms with E-state index in [0.717, 1.165) is 20.5 Å². The molecule has 0 saturated heterocycles. The van der Waals surface area contributed by atoms with Crippen LogP contribution in [0.1, 0.15) is 38.8 Å². The van der Waals surface area contributed by atoms with E-state index in [-0.39, 0.29) is 11.1 Å². The molecule has 0 fully saturated rings. The minimum atomic E-state index is -1.15. The second kappa shape index (κ2) is 8.16. The molecule has 1 aliphatic heterocycles. The van der Waals surface area contributed by atoms with Gasteiger partial charge in [0.05, 0.1) is 11.1 Å². The van der Waals surface area contributed by atoms with E-state index in [9.17, 15) is 19.2 Å². The van der Waals surface area contributed by atoms with Crippen molar-refractivity contribution < 1.29 is 23.9 Å². The number of rotatable bonds is 5. The topological polar surface area (TPSA) is 92.8 Å². The number of amides is 3. The van der Waals surface area contributed by atoms with Gasteiger partial charge in [-0.15, -0.1) is 0 Å². The van der Waals surface area contributed by atoms with Crippen LogP contribution in [-0.2, 0) is 14.3 Å². The Morgan fingerprint density at radius 1 is 1.07 bits per heavy atom. The average Bonchev–Trinajstić information content (AvgIpc) is 2.91. The second-order valence-electron chi connectivity index (χ2n) is 6.82. The fourth-order valence-corrected chi connectivity index (χ4v) is 3.52. The van der Waals surface area contributed by atoms with Crippen LogP contribution in [0, 0.1) is 13.8 Å². The van der Waals surface area contributed by atoms with Crippen LogP contribution < -0.4 is 5.32 Å². The Hall–Kier alpha value is -3.00. The normalized spacial score (nSPS) is 13.9. The van der Waals surface area contributed by atoms with Gasteiger partial charge >= 0.3 is 5.97 Å². The van der Waals surface area contributed by atoms with Crippen LogP contribution in [0.15, 0.2) is 40.9 Å². The molecule has 2 aromatic carbocycles. The van der Waals surface area contributed by atoms with Crippen LogP contribution in [0.4, 0.5) is 5.69 Å². The molecule has 29 heavy (non-hydrogen) atoms. The zero-order valence-corrected chi connectivity index (χ0v) is 17.7. The smallest absolute Gasteiger partial charge is 0.329 e. The molecule has 0 spiro atoms. The van der Waals surface area contributed by atoms with Crippen molar-refractivity contribution in [2.75, 3.05) is 11.9 Å². The Labute approximate surface area is 176 Å². The van der Waals surface area contributed by atoms with Gasteiger partial charge in [-0.2, -0.15) is 0 Å². The van der Waals surface area contributed by atoms with E-state index in [1.54, 1.807) is 30.3 Å². The first kappa shape index (κ1) is 20.7. The number of benzene rings is 2. The number of fused-ring (bicyclic) bond motifs is 1. The number of nitrogens with zero attached hydrogens (tertiary/aromatic N) is 1. The molecule has 0 aromatic heterocycles. The molecule has 150 valence electrons. The van der Waals surface area contributed by atoms with Gasteiger partial charge in [-0.1, -0.05) is 27.6 Å². The zero-order chi connectivity index (χ0) is 21.3.